The van der Waals surface area contributed by atoms with Crippen LogP contribution in [-0.2, 0) is 12.4 Å². The maximum absolute atomic E-state index is 6.21. The van der Waals surface area contributed by atoms with Gasteiger partial charge in [0.15, 0.2) is 11.0 Å². The highest BCUT2D eigenvalue weighted by atomic mass is 35.5. The average molecular weight is 422 g/mol. The number of nitrogens with zero attached hydrogens (tertiary/aromatic N) is 3. The molecule has 6 heteroatoms. The fourth-order valence-electron chi connectivity index (χ4n) is 2.94. The molecule has 0 aliphatic rings. The van der Waals surface area contributed by atoms with Crippen molar-refractivity contribution in [3.63, 3.8) is 0 Å². The molecule has 0 bridgehead atoms. The number of aryl methyl sites for hydroxylation is 1. The van der Waals surface area contributed by atoms with Crippen molar-refractivity contribution in [3.05, 3.63) is 101 Å². The number of rotatable bonds is 7. The Kier molecular flexibility index (Phi) is 6.17. The van der Waals surface area contributed by atoms with Crippen molar-refractivity contribution < 1.29 is 4.74 Å². The normalized spacial score (nSPS) is 10.8. The second kappa shape index (κ2) is 9.16. The Morgan fingerprint density at radius 2 is 1.62 bits per heavy atom. The van der Waals surface area contributed by atoms with E-state index < -0.39 is 0 Å². The lowest BCUT2D eigenvalue weighted by atomic mass is 10.1. The van der Waals surface area contributed by atoms with Crippen LogP contribution in [0.15, 0.2) is 84.0 Å². The van der Waals surface area contributed by atoms with E-state index in [9.17, 15) is 0 Å². The molecule has 4 nitrogen and oxygen atoms in total. The summed E-state index contributed by atoms with van der Waals surface area (Å²) in [6.07, 6.45) is 0. The summed E-state index contributed by atoms with van der Waals surface area (Å²) in [5.74, 6) is 2.18. The molecule has 0 saturated carbocycles. The van der Waals surface area contributed by atoms with Crippen LogP contribution < -0.4 is 4.74 Å². The number of aromatic nitrogens is 3. The number of benzene rings is 3. The Balaban J connectivity index is 1.60. The standard InChI is InChI=1S/C23H20ClN3OS/c1-17-9-5-6-10-18(17)16-29-23-26-25-22(27(23)19-11-3-2-4-12-19)15-28-21-14-8-7-13-20(21)24/h2-14H,15-16H2,1H3. The highest BCUT2D eigenvalue weighted by Crippen LogP contribution is 2.28. The van der Waals surface area contributed by atoms with Crippen LogP contribution in [0.1, 0.15) is 17.0 Å². The van der Waals surface area contributed by atoms with Gasteiger partial charge in [-0.15, -0.1) is 10.2 Å². The van der Waals surface area contributed by atoms with Gasteiger partial charge in [0.2, 0.25) is 0 Å². The van der Waals surface area contributed by atoms with E-state index in [0.29, 0.717) is 10.8 Å². The van der Waals surface area contributed by atoms with Crippen LogP contribution in [0.2, 0.25) is 5.02 Å². The molecule has 3 aromatic carbocycles. The summed E-state index contributed by atoms with van der Waals surface area (Å²) in [5.41, 5.74) is 3.56. The Hall–Kier alpha value is -2.76. The van der Waals surface area contributed by atoms with E-state index in [-0.39, 0.29) is 6.61 Å². The second-order valence-electron chi connectivity index (χ2n) is 6.50. The molecule has 0 spiro atoms. The van der Waals surface area contributed by atoms with Gasteiger partial charge in [-0.1, -0.05) is 78.0 Å². The SMILES string of the molecule is Cc1ccccc1CSc1nnc(COc2ccccc2Cl)n1-c1ccccc1. The lowest BCUT2D eigenvalue weighted by Crippen LogP contribution is -2.06. The minimum Gasteiger partial charge on any atom is -0.484 e. The van der Waals surface area contributed by atoms with Crippen LogP contribution in [0.3, 0.4) is 0 Å². The number of ether oxygens (including phenoxy) is 1. The third-order valence-electron chi connectivity index (χ3n) is 4.53. The van der Waals surface area contributed by atoms with Crippen LogP contribution >= 0.6 is 23.4 Å². The van der Waals surface area contributed by atoms with Crippen LogP contribution in [0.5, 0.6) is 5.75 Å². The molecule has 0 atom stereocenters. The molecular weight excluding hydrogens is 402 g/mol. The number of hydrogen-bond acceptors (Lipinski definition) is 4. The first-order valence-electron chi connectivity index (χ1n) is 9.27. The van der Waals surface area contributed by atoms with Gasteiger partial charge in [0.05, 0.1) is 5.02 Å². The van der Waals surface area contributed by atoms with Gasteiger partial charge >= 0.3 is 0 Å². The lowest BCUT2D eigenvalue weighted by molar-refractivity contribution is 0.293. The summed E-state index contributed by atoms with van der Waals surface area (Å²) in [4.78, 5) is 0. The Morgan fingerprint density at radius 1 is 0.897 bits per heavy atom. The van der Waals surface area contributed by atoms with Gasteiger partial charge in [0.1, 0.15) is 12.4 Å². The Labute approximate surface area is 179 Å². The third-order valence-corrected chi connectivity index (χ3v) is 5.82. The van der Waals surface area contributed by atoms with Crippen molar-refractivity contribution in [3.8, 4) is 11.4 Å². The van der Waals surface area contributed by atoms with E-state index >= 15 is 0 Å². The van der Waals surface area contributed by atoms with Crippen molar-refractivity contribution in [1.82, 2.24) is 14.8 Å². The van der Waals surface area contributed by atoms with Crippen LogP contribution in [0.4, 0.5) is 0 Å². The van der Waals surface area contributed by atoms with Gasteiger partial charge in [-0.3, -0.25) is 4.57 Å². The topological polar surface area (TPSA) is 39.9 Å². The van der Waals surface area contributed by atoms with Gasteiger partial charge in [-0.05, 0) is 42.3 Å². The summed E-state index contributed by atoms with van der Waals surface area (Å²) in [7, 11) is 0. The first-order valence-corrected chi connectivity index (χ1v) is 10.6. The van der Waals surface area contributed by atoms with E-state index in [0.717, 1.165) is 22.4 Å². The monoisotopic (exact) mass is 421 g/mol. The molecule has 0 radical (unpaired) electrons. The van der Waals surface area contributed by atoms with Crippen molar-refractivity contribution in [1.29, 1.82) is 0 Å². The Bertz CT molecular complexity index is 1030. The molecule has 1 heterocycles. The van der Waals surface area contributed by atoms with Crippen molar-refractivity contribution >= 4 is 23.4 Å². The molecular formula is C23H20ClN3OS. The highest BCUT2D eigenvalue weighted by Gasteiger charge is 2.16. The van der Waals surface area contributed by atoms with Crippen molar-refractivity contribution in [2.75, 3.05) is 0 Å². The van der Waals surface area contributed by atoms with Crippen LogP contribution in [0.25, 0.3) is 5.69 Å². The van der Waals surface area contributed by atoms with E-state index in [1.54, 1.807) is 11.8 Å². The molecule has 4 rings (SSSR count). The smallest absolute Gasteiger partial charge is 0.196 e. The van der Waals surface area contributed by atoms with Crippen LogP contribution in [-0.4, -0.2) is 14.8 Å². The van der Waals surface area contributed by atoms with E-state index in [2.05, 4.69) is 41.4 Å². The quantitative estimate of drug-likeness (QED) is 0.338. The largest absolute Gasteiger partial charge is 0.484 e. The van der Waals surface area contributed by atoms with Crippen LogP contribution in [0, 0.1) is 6.92 Å². The molecule has 0 aliphatic carbocycles. The number of thioether (sulfide) groups is 1. The van der Waals surface area contributed by atoms with Gasteiger partial charge in [0, 0.05) is 11.4 Å². The summed E-state index contributed by atoms with van der Waals surface area (Å²) in [5, 5.41) is 10.2. The minimum atomic E-state index is 0.274. The fourth-order valence-corrected chi connectivity index (χ4v) is 4.18. The summed E-state index contributed by atoms with van der Waals surface area (Å²) >= 11 is 7.88. The molecule has 29 heavy (non-hydrogen) atoms. The molecule has 4 aromatic rings. The highest BCUT2D eigenvalue weighted by molar-refractivity contribution is 7.98. The van der Waals surface area contributed by atoms with Crippen molar-refractivity contribution in [2.45, 2.75) is 24.4 Å². The zero-order valence-electron chi connectivity index (χ0n) is 16.0. The average Bonchev–Trinajstić information content (AvgIpc) is 3.16. The first-order chi connectivity index (χ1) is 14.2. The number of para-hydroxylation sites is 2. The molecule has 0 N–H and O–H groups in total. The Morgan fingerprint density at radius 3 is 2.41 bits per heavy atom. The summed E-state index contributed by atoms with van der Waals surface area (Å²) in [6, 6.07) is 25.9. The maximum atomic E-state index is 6.21. The first kappa shape index (κ1) is 19.6. The zero-order chi connectivity index (χ0) is 20.1. The number of hydrogen-bond donors (Lipinski definition) is 0. The predicted octanol–water partition coefficient (Wildman–Crippen LogP) is 6.10. The molecule has 146 valence electrons. The third kappa shape index (κ3) is 4.63. The van der Waals surface area contributed by atoms with E-state index in [4.69, 9.17) is 16.3 Å². The molecule has 0 amide bonds. The molecule has 0 unspecified atom stereocenters. The van der Waals surface area contributed by atoms with Gasteiger partial charge in [-0.25, -0.2) is 0 Å². The van der Waals surface area contributed by atoms with Gasteiger partial charge < -0.3 is 4.74 Å². The van der Waals surface area contributed by atoms with E-state index in [1.807, 2.05) is 59.2 Å². The minimum absolute atomic E-state index is 0.274. The molecule has 1 aromatic heterocycles. The maximum Gasteiger partial charge on any atom is 0.196 e. The molecule has 0 saturated heterocycles. The summed E-state index contributed by atoms with van der Waals surface area (Å²) in [6.45, 7) is 2.40. The second-order valence-corrected chi connectivity index (χ2v) is 7.85. The van der Waals surface area contributed by atoms with Gasteiger partial charge in [-0.2, -0.15) is 0 Å². The predicted molar refractivity (Wildman–Crippen MR) is 118 cm³/mol. The van der Waals surface area contributed by atoms with Gasteiger partial charge in [0.25, 0.3) is 0 Å². The van der Waals surface area contributed by atoms with Crippen molar-refractivity contribution in [2.24, 2.45) is 0 Å². The zero-order valence-corrected chi connectivity index (χ0v) is 17.5. The number of halogens is 1. The molecule has 0 fully saturated rings. The fraction of sp³-hybridized carbons (Fsp3) is 0.130. The molecule has 0 aliphatic heterocycles. The summed E-state index contributed by atoms with van der Waals surface area (Å²) < 4.78 is 7.96. The lowest BCUT2D eigenvalue weighted by Gasteiger charge is -2.12. The van der Waals surface area contributed by atoms with E-state index in [1.165, 1.54) is 11.1 Å².